The fourth-order valence-corrected chi connectivity index (χ4v) is 4.10. The molecular formula is C27H41N5O6. The summed E-state index contributed by atoms with van der Waals surface area (Å²) in [7, 11) is 0. The number of aliphatic hydroxyl groups excluding tert-OH is 1. The summed E-state index contributed by atoms with van der Waals surface area (Å²) < 4.78 is 0. The largest absolute Gasteiger partial charge is 0.480 e. The summed E-state index contributed by atoms with van der Waals surface area (Å²) in [6.45, 7) is 8.56. The van der Waals surface area contributed by atoms with Gasteiger partial charge in [-0.15, -0.1) is 0 Å². The number of nitrogens with two attached hydrogens (primary N) is 1. The van der Waals surface area contributed by atoms with Crippen LogP contribution in [0.15, 0.2) is 30.5 Å². The molecule has 0 aliphatic carbocycles. The van der Waals surface area contributed by atoms with E-state index in [0.717, 1.165) is 16.5 Å². The molecule has 0 saturated carbocycles. The van der Waals surface area contributed by atoms with Crippen molar-refractivity contribution in [3.63, 3.8) is 0 Å². The Labute approximate surface area is 222 Å². The van der Waals surface area contributed by atoms with E-state index in [1.807, 2.05) is 38.1 Å². The Balaban J connectivity index is 2.37. The Morgan fingerprint density at radius 2 is 1.47 bits per heavy atom. The number of benzene rings is 1. The van der Waals surface area contributed by atoms with Crippen molar-refractivity contribution in [1.29, 1.82) is 0 Å². The maximum Gasteiger partial charge on any atom is 0.326 e. The first-order valence-corrected chi connectivity index (χ1v) is 13.0. The van der Waals surface area contributed by atoms with E-state index in [1.54, 1.807) is 20.0 Å². The molecule has 38 heavy (non-hydrogen) atoms. The third-order valence-electron chi connectivity index (χ3n) is 7.12. The highest BCUT2D eigenvalue weighted by atomic mass is 16.4. The number of fused-ring (bicyclic) bond motifs is 1. The molecule has 0 radical (unpaired) electrons. The van der Waals surface area contributed by atoms with Gasteiger partial charge in [0.05, 0.1) is 6.10 Å². The highest BCUT2D eigenvalue weighted by Crippen LogP contribution is 2.20. The van der Waals surface area contributed by atoms with Gasteiger partial charge < -0.3 is 36.9 Å². The number of carbonyl (C=O) groups excluding carboxylic acids is 3. The predicted molar refractivity (Wildman–Crippen MR) is 144 cm³/mol. The maximum absolute atomic E-state index is 13.5. The van der Waals surface area contributed by atoms with Gasteiger partial charge in [0.25, 0.3) is 0 Å². The first kappa shape index (κ1) is 30.8. The number of amides is 3. The molecule has 0 fully saturated rings. The van der Waals surface area contributed by atoms with Crippen LogP contribution in [-0.4, -0.2) is 69.2 Å². The number of carboxylic acids is 1. The number of aromatic nitrogens is 1. The molecule has 7 atom stereocenters. The number of rotatable bonds is 14. The first-order valence-electron chi connectivity index (χ1n) is 13.0. The van der Waals surface area contributed by atoms with Gasteiger partial charge in [-0.25, -0.2) is 4.79 Å². The van der Waals surface area contributed by atoms with Crippen LogP contribution in [0.3, 0.4) is 0 Å². The van der Waals surface area contributed by atoms with Crippen molar-refractivity contribution < 1.29 is 29.4 Å². The molecule has 2 rings (SSSR count). The van der Waals surface area contributed by atoms with Crippen molar-refractivity contribution >= 4 is 34.6 Å². The minimum Gasteiger partial charge on any atom is -0.480 e. The second kappa shape index (κ2) is 13.9. The second-order valence-corrected chi connectivity index (χ2v) is 9.97. The van der Waals surface area contributed by atoms with Gasteiger partial charge in [-0.05, 0) is 30.4 Å². The van der Waals surface area contributed by atoms with Gasteiger partial charge in [0.15, 0.2) is 0 Å². The Hall–Kier alpha value is -3.44. The molecule has 3 amide bonds. The van der Waals surface area contributed by atoms with E-state index in [-0.39, 0.29) is 18.3 Å². The Morgan fingerprint density at radius 1 is 0.895 bits per heavy atom. The van der Waals surface area contributed by atoms with E-state index in [1.165, 1.54) is 6.92 Å². The normalized spacial score (nSPS) is 16.9. The number of aliphatic carboxylic acids is 1. The van der Waals surface area contributed by atoms with Crippen LogP contribution in [0.25, 0.3) is 10.9 Å². The van der Waals surface area contributed by atoms with Crippen LogP contribution in [0.4, 0.5) is 0 Å². The molecule has 0 spiro atoms. The van der Waals surface area contributed by atoms with E-state index in [2.05, 4.69) is 20.9 Å². The summed E-state index contributed by atoms with van der Waals surface area (Å²) in [4.78, 5) is 54.4. The van der Waals surface area contributed by atoms with Crippen LogP contribution < -0.4 is 21.7 Å². The number of nitrogens with one attached hydrogen (secondary N) is 4. The molecule has 0 saturated heterocycles. The van der Waals surface area contributed by atoms with Crippen LogP contribution in [-0.2, 0) is 25.6 Å². The Kier molecular flexibility index (Phi) is 11.3. The van der Waals surface area contributed by atoms with Gasteiger partial charge in [0, 0.05) is 23.5 Å². The van der Waals surface area contributed by atoms with E-state index >= 15 is 0 Å². The van der Waals surface area contributed by atoms with Crippen molar-refractivity contribution in [2.45, 2.75) is 84.2 Å². The zero-order chi connectivity index (χ0) is 28.6. The standard InChI is InChI=1S/C27H41N5O6/c1-6-14(3)22(31-25(35)21(28)16(5)33)26(36)30-20(24(34)32-23(27(37)38)15(4)7-2)12-17-13-29-19-11-9-8-10-18(17)19/h8-11,13-16,20-23,29,33H,6-7,12,28H2,1-5H3,(H,30,36)(H,31,35)(H,32,34)(H,37,38). The molecule has 1 aromatic heterocycles. The molecule has 0 aliphatic heterocycles. The molecule has 11 nitrogen and oxygen atoms in total. The summed E-state index contributed by atoms with van der Waals surface area (Å²) in [5, 5.41) is 28.2. The fourth-order valence-electron chi connectivity index (χ4n) is 4.10. The zero-order valence-electron chi connectivity index (χ0n) is 22.7. The molecule has 0 bridgehead atoms. The molecular weight excluding hydrogens is 490 g/mol. The molecule has 2 aromatic rings. The van der Waals surface area contributed by atoms with Gasteiger partial charge in [0.1, 0.15) is 24.2 Å². The lowest BCUT2D eigenvalue weighted by molar-refractivity contribution is -0.144. The minimum atomic E-state index is -1.23. The lowest BCUT2D eigenvalue weighted by Crippen LogP contribution is -2.60. The number of carbonyl (C=O) groups is 4. The number of aliphatic hydroxyl groups is 1. The third-order valence-corrected chi connectivity index (χ3v) is 7.12. The van der Waals surface area contributed by atoms with Gasteiger partial charge in [-0.3, -0.25) is 14.4 Å². The van der Waals surface area contributed by atoms with Crippen molar-refractivity contribution in [3.05, 3.63) is 36.0 Å². The third kappa shape index (κ3) is 7.78. The molecule has 1 aromatic carbocycles. The second-order valence-electron chi connectivity index (χ2n) is 9.97. The summed E-state index contributed by atoms with van der Waals surface area (Å²) in [5.74, 6) is -3.77. The Morgan fingerprint density at radius 3 is 2.05 bits per heavy atom. The van der Waals surface area contributed by atoms with Gasteiger partial charge in [-0.1, -0.05) is 58.7 Å². The van der Waals surface area contributed by atoms with Crippen LogP contribution >= 0.6 is 0 Å². The molecule has 1 heterocycles. The summed E-state index contributed by atoms with van der Waals surface area (Å²) >= 11 is 0. The lowest BCUT2D eigenvalue weighted by Gasteiger charge is -2.29. The number of para-hydroxylation sites is 1. The summed E-state index contributed by atoms with van der Waals surface area (Å²) in [5.41, 5.74) is 7.37. The van der Waals surface area contributed by atoms with Crippen LogP contribution in [0.5, 0.6) is 0 Å². The number of aromatic amines is 1. The highest BCUT2D eigenvalue weighted by molar-refractivity contribution is 5.95. The van der Waals surface area contributed by atoms with Crippen molar-refractivity contribution in [1.82, 2.24) is 20.9 Å². The van der Waals surface area contributed by atoms with E-state index in [9.17, 15) is 29.4 Å². The van der Waals surface area contributed by atoms with Gasteiger partial charge in [0.2, 0.25) is 17.7 Å². The van der Waals surface area contributed by atoms with Crippen LogP contribution in [0.1, 0.15) is 53.0 Å². The summed E-state index contributed by atoms with van der Waals surface area (Å²) in [6.07, 6.45) is 1.78. The van der Waals surface area contributed by atoms with E-state index in [0.29, 0.717) is 12.8 Å². The number of H-pyrrole nitrogens is 1. The van der Waals surface area contributed by atoms with Crippen molar-refractivity contribution in [3.8, 4) is 0 Å². The molecule has 7 unspecified atom stereocenters. The average Bonchev–Trinajstić information content (AvgIpc) is 3.30. The zero-order valence-corrected chi connectivity index (χ0v) is 22.7. The van der Waals surface area contributed by atoms with E-state index in [4.69, 9.17) is 5.73 Å². The molecule has 0 aliphatic rings. The molecule has 210 valence electrons. The number of hydrogen-bond donors (Lipinski definition) is 7. The topological polar surface area (TPSA) is 187 Å². The number of hydrogen-bond acceptors (Lipinski definition) is 6. The fraction of sp³-hybridized carbons (Fsp3) is 0.556. The minimum absolute atomic E-state index is 0.0861. The smallest absolute Gasteiger partial charge is 0.326 e. The van der Waals surface area contributed by atoms with E-state index < -0.39 is 54.0 Å². The average molecular weight is 532 g/mol. The molecule has 8 N–H and O–H groups in total. The maximum atomic E-state index is 13.5. The van der Waals surface area contributed by atoms with Crippen LogP contribution in [0, 0.1) is 11.8 Å². The Bertz CT molecular complexity index is 1120. The van der Waals surface area contributed by atoms with Crippen molar-refractivity contribution in [2.75, 3.05) is 0 Å². The van der Waals surface area contributed by atoms with Gasteiger partial charge >= 0.3 is 5.97 Å². The quantitative estimate of drug-likeness (QED) is 0.190. The SMILES string of the molecule is CCC(C)C(NC(=O)C(Cc1c[nH]c2ccccc12)NC(=O)C(NC(=O)C(N)C(C)O)C(C)CC)C(=O)O. The molecule has 11 heteroatoms. The monoisotopic (exact) mass is 531 g/mol. The highest BCUT2D eigenvalue weighted by Gasteiger charge is 2.34. The van der Waals surface area contributed by atoms with Gasteiger partial charge in [-0.2, -0.15) is 0 Å². The lowest BCUT2D eigenvalue weighted by atomic mass is 9.96. The first-order chi connectivity index (χ1) is 17.9. The summed E-state index contributed by atoms with van der Waals surface area (Å²) in [6, 6.07) is 2.98. The van der Waals surface area contributed by atoms with Crippen molar-refractivity contribution in [2.24, 2.45) is 17.6 Å². The van der Waals surface area contributed by atoms with Crippen LogP contribution in [0.2, 0.25) is 0 Å². The predicted octanol–water partition coefficient (Wildman–Crippen LogP) is 1.05. The number of carboxylic acid groups (broad SMARTS) is 1.